The molecule has 0 amide bonds. The van der Waals surface area contributed by atoms with Crippen LogP contribution in [0.1, 0.15) is 22.3 Å². The predicted octanol–water partition coefficient (Wildman–Crippen LogP) is 9.07. The van der Waals surface area contributed by atoms with Gasteiger partial charge in [-0.15, -0.1) is 0 Å². The molecule has 2 aromatic heterocycles. The molecule has 1 spiro atoms. The van der Waals surface area contributed by atoms with Gasteiger partial charge in [-0.3, -0.25) is 0 Å². The fraction of sp³-hybridized carbons (Fsp3) is 0.0244. The summed E-state index contributed by atoms with van der Waals surface area (Å²) in [5.41, 5.74) is 9.81. The van der Waals surface area contributed by atoms with Gasteiger partial charge < -0.3 is 0 Å². The van der Waals surface area contributed by atoms with Gasteiger partial charge in [0.05, 0.1) is 0 Å². The zero-order valence-corrected chi connectivity index (χ0v) is 29.0. The molecule has 0 saturated heterocycles. The van der Waals surface area contributed by atoms with Crippen LogP contribution in [-0.2, 0) is 15.3 Å². The minimum absolute atomic E-state index is 0.317. The minimum atomic E-state index is -3.57. The summed E-state index contributed by atoms with van der Waals surface area (Å²) in [5.74, 6) is 0. The third-order valence-corrected chi connectivity index (χ3v) is 16.8. The molecule has 4 heterocycles. The van der Waals surface area contributed by atoms with Gasteiger partial charge >= 0.3 is 279 Å². The predicted molar refractivity (Wildman–Crippen MR) is 192 cm³/mol. The van der Waals surface area contributed by atoms with Crippen molar-refractivity contribution in [3.05, 3.63) is 160 Å². The van der Waals surface area contributed by atoms with Crippen LogP contribution in [0, 0.1) is 0 Å². The monoisotopic (exact) mass is 753 g/mol. The number of hydrogen-bond donors (Lipinski definition) is 0. The molecule has 8 aromatic rings. The van der Waals surface area contributed by atoms with E-state index >= 15 is 0 Å². The summed E-state index contributed by atoms with van der Waals surface area (Å²) in [6.45, 7) is 0. The van der Waals surface area contributed by atoms with Gasteiger partial charge in [-0.05, 0) is 0 Å². The molecule has 0 N–H and O–H groups in total. The maximum absolute atomic E-state index is 13.6. The van der Waals surface area contributed by atoms with Gasteiger partial charge in [0.25, 0.3) is 0 Å². The Labute approximate surface area is 283 Å². The van der Waals surface area contributed by atoms with Crippen molar-refractivity contribution in [1.29, 1.82) is 0 Å². The Kier molecular flexibility index (Phi) is 5.18. The molecular formula is C41H23NO2SSe2. The van der Waals surface area contributed by atoms with Crippen molar-refractivity contribution >= 4 is 77.5 Å². The van der Waals surface area contributed by atoms with Crippen molar-refractivity contribution in [3.63, 3.8) is 0 Å². The van der Waals surface area contributed by atoms with Crippen molar-refractivity contribution in [1.82, 2.24) is 0 Å². The summed E-state index contributed by atoms with van der Waals surface area (Å²) in [6.07, 6.45) is 0. The van der Waals surface area contributed by atoms with Crippen molar-refractivity contribution < 1.29 is 8.42 Å². The molecule has 0 fully saturated rings. The first-order valence-corrected chi connectivity index (χ1v) is 20.7. The third kappa shape index (κ3) is 3.25. The van der Waals surface area contributed by atoms with Gasteiger partial charge in [-0.1, -0.05) is 6.07 Å². The van der Waals surface area contributed by atoms with Crippen LogP contribution in [0.15, 0.2) is 147 Å². The van der Waals surface area contributed by atoms with Gasteiger partial charge in [-0.2, -0.15) is 0 Å². The van der Waals surface area contributed by atoms with E-state index in [0.717, 1.165) is 28.2 Å². The van der Waals surface area contributed by atoms with Crippen LogP contribution >= 0.6 is 0 Å². The Morgan fingerprint density at radius 3 is 1.60 bits per heavy atom. The van der Waals surface area contributed by atoms with Crippen LogP contribution in [0.25, 0.3) is 41.5 Å². The van der Waals surface area contributed by atoms with E-state index in [0.29, 0.717) is 38.8 Å². The number of benzene rings is 6. The Morgan fingerprint density at radius 1 is 0.489 bits per heavy atom. The number of hydrogen-bond acceptors (Lipinski definition) is 3. The van der Waals surface area contributed by atoms with E-state index in [-0.39, 0.29) is 0 Å². The summed E-state index contributed by atoms with van der Waals surface area (Å²) < 4.78 is 30.3. The second-order valence-electron chi connectivity index (χ2n) is 12.5. The molecule has 11 rings (SSSR count). The van der Waals surface area contributed by atoms with E-state index < -0.39 is 15.3 Å². The molecular weight excluding hydrogens is 728 g/mol. The fourth-order valence-electron chi connectivity index (χ4n) is 8.41. The Bertz CT molecular complexity index is 2660. The first-order chi connectivity index (χ1) is 23.0. The van der Waals surface area contributed by atoms with Crippen molar-refractivity contribution in [2.75, 3.05) is 4.90 Å². The molecule has 2 aliphatic heterocycles. The molecule has 6 aromatic carbocycles. The van der Waals surface area contributed by atoms with Crippen LogP contribution in [0.2, 0.25) is 0 Å². The molecule has 0 bridgehead atoms. The second-order valence-corrected chi connectivity index (χ2v) is 18.3. The Hall–Kier alpha value is -4.41. The molecule has 0 saturated carbocycles. The van der Waals surface area contributed by atoms with Gasteiger partial charge in [0, 0.05) is 0 Å². The molecule has 1 aliphatic carbocycles. The first kappa shape index (κ1) is 26.6. The summed E-state index contributed by atoms with van der Waals surface area (Å²) in [6, 6.07) is 45.0. The molecule has 0 radical (unpaired) electrons. The molecule has 222 valence electrons. The zero-order chi connectivity index (χ0) is 31.1. The first-order valence-electron chi connectivity index (χ1n) is 15.6. The van der Waals surface area contributed by atoms with Gasteiger partial charge in [0.1, 0.15) is 0 Å². The normalized spacial score (nSPS) is 15.7. The van der Waals surface area contributed by atoms with Crippen molar-refractivity contribution in [2.24, 2.45) is 0 Å². The molecule has 6 heteroatoms. The maximum atomic E-state index is 13.6. The Morgan fingerprint density at radius 2 is 1.00 bits per heavy atom. The molecule has 0 atom stereocenters. The fourth-order valence-corrected chi connectivity index (χ4v) is 14.9. The van der Waals surface area contributed by atoms with Crippen molar-refractivity contribution in [2.45, 2.75) is 15.2 Å². The van der Waals surface area contributed by atoms with Crippen LogP contribution in [0.4, 0.5) is 17.1 Å². The molecule has 47 heavy (non-hydrogen) atoms. The SMILES string of the molecule is O=S1(=O)c2ccccc2-c2cc(N3c4cc5ccccc5cc4C4(c5cc6ccccc6cc53)c3cc[se]c3-c3[se]ccc34)ccc21. The number of sulfone groups is 1. The summed E-state index contributed by atoms with van der Waals surface area (Å²) in [4.78, 5) is 7.98. The number of fused-ring (bicyclic) bond motifs is 14. The average Bonchev–Trinajstić information content (AvgIpc) is 3.87. The average molecular weight is 752 g/mol. The van der Waals surface area contributed by atoms with Crippen LogP contribution < -0.4 is 4.90 Å². The Balaban J connectivity index is 1.30. The van der Waals surface area contributed by atoms with E-state index in [1.165, 1.54) is 43.8 Å². The third-order valence-electron chi connectivity index (χ3n) is 10.3. The molecule has 3 nitrogen and oxygen atoms in total. The standard InChI is InChI=1S/C41H23NO2SSe2/c43-45(44)37-12-6-5-11-29(37)30-23-28(13-14-38(30)45)42-35-21-26-9-3-1-7-24(26)19-33(35)41(31-15-17-46-39(31)40-32(41)16-18-47-40)34-20-25-8-2-4-10-27(25)22-36(34)42/h1-23H. The van der Waals surface area contributed by atoms with Gasteiger partial charge in [0.2, 0.25) is 0 Å². The van der Waals surface area contributed by atoms with E-state index in [2.05, 4.69) is 106 Å². The van der Waals surface area contributed by atoms with Crippen LogP contribution in [0.5, 0.6) is 0 Å². The van der Waals surface area contributed by atoms with E-state index in [4.69, 9.17) is 0 Å². The zero-order valence-electron chi connectivity index (χ0n) is 24.8. The number of anilines is 3. The van der Waals surface area contributed by atoms with E-state index in [9.17, 15) is 8.42 Å². The molecule has 3 aliphatic rings. The molecule has 0 unspecified atom stereocenters. The van der Waals surface area contributed by atoms with Gasteiger partial charge in [0.15, 0.2) is 0 Å². The van der Waals surface area contributed by atoms with Crippen molar-refractivity contribution in [3.8, 4) is 20.0 Å². The topological polar surface area (TPSA) is 37.4 Å². The summed E-state index contributed by atoms with van der Waals surface area (Å²) in [5, 5.41) is 4.81. The summed E-state index contributed by atoms with van der Waals surface area (Å²) >= 11 is 0.633. The summed E-state index contributed by atoms with van der Waals surface area (Å²) in [7, 11) is -3.57. The second kappa shape index (κ2) is 9.14. The van der Waals surface area contributed by atoms with Crippen LogP contribution in [0.3, 0.4) is 0 Å². The quantitative estimate of drug-likeness (QED) is 0.157. The number of rotatable bonds is 1. The van der Waals surface area contributed by atoms with Crippen LogP contribution in [-0.4, -0.2) is 37.4 Å². The van der Waals surface area contributed by atoms with Gasteiger partial charge in [-0.25, -0.2) is 0 Å². The number of nitrogens with zero attached hydrogens (tertiary/aromatic N) is 1. The van der Waals surface area contributed by atoms with E-state index in [1.807, 2.05) is 24.3 Å². The van der Waals surface area contributed by atoms with E-state index in [1.54, 1.807) is 21.0 Å².